The number of anilines is 1. The number of carbonyl (C=O) groups is 1. The van der Waals surface area contributed by atoms with E-state index in [0.29, 0.717) is 51.2 Å². The number of hydrogen-bond acceptors (Lipinski definition) is 8. The van der Waals surface area contributed by atoms with Gasteiger partial charge in [-0.2, -0.15) is 4.98 Å². The van der Waals surface area contributed by atoms with Gasteiger partial charge in [0.2, 0.25) is 0 Å². The fourth-order valence-corrected chi connectivity index (χ4v) is 6.61. The van der Waals surface area contributed by atoms with Crippen LogP contribution in [0.25, 0.3) is 22.7 Å². The lowest BCUT2D eigenvalue weighted by atomic mass is 9.99. The van der Waals surface area contributed by atoms with Crippen LogP contribution in [-0.4, -0.2) is 44.6 Å². The van der Waals surface area contributed by atoms with E-state index in [0.717, 1.165) is 49.8 Å². The fourth-order valence-electron chi connectivity index (χ4n) is 6.03. The van der Waals surface area contributed by atoms with E-state index in [1.54, 1.807) is 24.3 Å². The normalized spacial score (nSPS) is 22.1. The molecule has 3 aliphatic rings. The third-order valence-corrected chi connectivity index (χ3v) is 8.77. The highest BCUT2D eigenvalue weighted by Gasteiger charge is 2.43. The van der Waals surface area contributed by atoms with Gasteiger partial charge < -0.3 is 23.8 Å². The molecule has 1 saturated carbocycles. The van der Waals surface area contributed by atoms with Gasteiger partial charge in [0.15, 0.2) is 0 Å². The standard InChI is InChI=1S/C29H26Cl2N4O5/c30-22-2-1-3-23(31)24(22)25-21(26(39-33-25)15-4-5-15)14-38-20-12-18-10-11-19(13-20)35(18)29-32-27(40-34-29)16-6-8-17(9-7-16)28(36)37/h1-3,6-9,15,18-20H,4-5,10-14H2,(H,36,37). The van der Waals surface area contributed by atoms with Crippen molar-refractivity contribution in [3.63, 3.8) is 0 Å². The maximum Gasteiger partial charge on any atom is 0.335 e. The van der Waals surface area contributed by atoms with Gasteiger partial charge in [-0.15, -0.1) is 0 Å². The van der Waals surface area contributed by atoms with Crippen molar-refractivity contribution in [1.82, 2.24) is 15.3 Å². The molecule has 2 aromatic heterocycles. The topological polar surface area (TPSA) is 115 Å². The molecule has 2 aromatic carbocycles. The van der Waals surface area contributed by atoms with Crippen LogP contribution in [0.1, 0.15) is 66.1 Å². The summed E-state index contributed by atoms with van der Waals surface area (Å²) in [7, 11) is 0. The minimum Gasteiger partial charge on any atom is -0.478 e. The summed E-state index contributed by atoms with van der Waals surface area (Å²) in [6, 6.07) is 12.3. The predicted molar refractivity (Wildman–Crippen MR) is 148 cm³/mol. The van der Waals surface area contributed by atoms with Crippen molar-refractivity contribution in [3.05, 3.63) is 69.4 Å². The summed E-state index contributed by atoms with van der Waals surface area (Å²) in [5.41, 5.74) is 3.17. The number of fused-ring (bicyclic) bond motifs is 2. The molecule has 2 aliphatic heterocycles. The molecular weight excluding hydrogens is 555 g/mol. The van der Waals surface area contributed by atoms with E-state index in [1.807, 2.05) is 6.07 Å². The zero-order chi connectivity index (χ0) is 27.4. The number of aromatic carboxylic acids is 1. The van der Waals surface area contributed by atoms with E-state index < -0.39 is 5.97 Å². The van der Waals surface area contributed by atoms with Gasteiger partial charge in [-0.05, 0) is 80.1 Å². The highest BCUT2D eigenvalue weighted by Crippen LogP contribution is 2.47. The number of rotatable bonds is 8. The number of piperidine rings is 1. The number of hydrogen-bond donors (Lipinski definition) is 1. The number of benzene rings is 2. The summed E-state index contributed by atoms with van der Waals surface area (Å²) in [5, 5.41) is 18.9. The van der Waals surface area contributed by atoms with Crippen LogP contribution in [0, 0.1) is 0 Å². The molecule has 2 saturated heterocycles. The van der Waals surface area contributed by atoms with Gasteiger partial charge in [-0.3, -0.25) is 0 Å². The Morgan fingerprint density at radius 2 is 1.68 bits per heavy atom. The van der Waals surface area contributed by atoms with E-state index in [4.69, 9.17) is 42.1 Å². The highest BCUT2D eigenvalue weighted by molar-refractivity contribution is 6.39. The quantitative estimate of drug-likeness (QED) is 0.235. The van der Waals surface area contributed by atoms with Gasteiger partial charge in [0, 0.05) is 34.7 Å². The average Bonchev–Trinajstić information content (AvgIpc) is 3.42. The van der Waals surface area contributed by atoms with E-state index in [9.17, 15) is 4.79 Å². The first kappa shape index (κ1) is 25.6. The van der Waals surface area contributed by atoms with Crippen LogP contribution in [0.4, 0.5) is 5.95 Å². The second kappa shape index (κ2) is 10.2. The van der Waals surface area contributed by atoms with Crippen molar-refractivity contribution in [3.8, 4) is 22.7 Å². The van der Waals surface area contributed by atoms with Crippen molar-refractivity contribution in [2.75, 3.05) is 4.90 Å². The minimum atomic E-state index is -0.976. The summed E-state index contributed by atoms with van der Waals surface area (Å²) in [6.45, 7) is 0.384. The van der Waals surface area contributed by atoms with E-state index in [1.165, 1.54) is 12.1 Å². The molecular formula is C29H26Cl2N4O5. The van der Waals surface area contributed by atoms with Gasteiger partial charge in [0.1, 0.15) is 11.5 Å². The van der Waals surface area contributed by atoms with Crippen molar-refractivity contribution < 1.29 is 23.7 Å². The Bertz CT molecular complexity index is 1530. The Kier molecular flexibility index (Phi) is 6.53. The van der Waals surface area contributed by atoms with Gasteiger partial charge in [0.25, 0.3) is 11.8 Å². The molecule has 3 fully saturated rings. The third kappa shape index (κ3) is 4.66. The van der Waals surface area contributed by atoms with Crippen LogP contribution in [0.3, 0.4) is 0 Å². The Balaban J connectivity index is 1.06. The Labute approximate surface area is 240 Å². The maximum absolute atomic E-state index is 11.1. The predicted octanol–water partition coefficient (Wildman–Crippen LogP) is 6.99. The van der Waals surface area contributed by atoms with Gasteiger partial charge >= 0.3 is 5.97 Å². The molecule has 2 bridgehead atoms. The molecule has 4 aromatic rings. The van der Waals surface area contributed by atoms with E-state index in [2.05, 4.69) is 20.2 Å². The van der Waals surface area contributed by atoms with Crippen molar-refractivity contribution in [2.24, 2.45) is 0 Å². The van der Waals surface area contributed by atoms with Crippen LogP contribution >= 0.6 is 23.2 Å². The molecule has 4 heterocycles. The van der Waals surface area contributed by atoms with Gasteiger partial charge in [-0.25, -0.2) is 4.79 Å². The fraction of sp³-hybridized carbons (Fsp3) is 0.379. The number of carboxylic acids is 1. The zero-order valence-corrected chi connectivity index (χ0v) is 22.9. The van der Waals surface area contributed by atoms with Crippen molar-refractivity contribution in [1.29, 1.82) is 0 Å². The molecule has 0 spiro atoms. The monoisotopic (exact) mass is 580 g/mol. The summed E-state index contributed by atoms with van der Waals surface area (Å²) >= 11 is 13.0. The lowest BCUT2D eigenvalue weighted by Crippen LogP contribution is -2.46. The SMILES string of the molecule is O=C(O)c1ccc(-c2nc(N3C4CCC3CC(OCc3c(-c5c(Cl)cccc5Cl)noc3C3CC3)C4)no2)cc1. The second-order valence-electron chi connectivity index (χ2n) is 10.7. The lowest BCUT2D eigenvalue weighted by molar-refractivity contribution is 0.0144. The molecule has 11 heteroatoms. The number of ether oxygens (including phenoxy) is 1. The molecule has 0 radical (unpaired) electrons. The van der Waals surface area contributed by atoms with Crippen LogP contribution in [0.15, 0.2) is 51.5 Å². The number of halogens is 2. The van der Waals surface area contributed by atoms with Crippen LogP contribution in [0.2, 0.25) is 10.0 Å². The van der Waals surface area contributed by atoms with E-state index >= 15 is 0 Å². The average molecular weight is 581 g/mol. The van der Waals surface area contributed by atoms with E-state index in [-0.39, 0.29) is 23.8 Å². The Morgan fingerprint density at radius 3 is 2.33 bits per heavy atom. The first-order valence-electron chi connectivity index (χ1n) is 13.5. The minimum absolute atomic E-state index is 0.0696. The molecule has 2 atom stereocenters. The van der Waals surface area contributed by atoms with Gasteiger partial charge in [-0.1, -0.05) is 34.4 Å². The summed E-state index contributed by atoms with van der Waals surface area (Å²) in [4.78, 5) is 18.0. The molecule has 1 N–H and O–H groups in total. The van der Waals surface area contributed by atoms with Gasteiger partial charge in [0.05, 0.1) is 28.3 Å². The smallest absolute Gasteiger partial charge is 0.335 e. The molecule has 40 heavy (non-hydrogen) atoms. The summed E-state index contributed by atoms with van der Waals surface area (Å²) < 4.78 is 17.9. The largest absolute Gasteiger partial charge is 0.478 e. The first-order chi connectivity index (χ1) is 19.5. The maximum atomic E-state index is 11.1. The number of nitrogens with zero attached hydrogens (tertiary/aromatic N) is 4. The third-order valence-electron chi connectivity index (χ3n) is 8.14. The first-order valence-corrected chi connectivity index (χ1v) is 14.2. The highest BCUT2D eigenvalue weighted by atomic mass is 35.5. The molecule has 7 rings (SSSR count). The molecule has 2 unspecified atom stereocenters. The lowest BCUT2D eigenvalue weighted by Gasteiger charge is -2.37. The second-order valence-corrected chi connectivity index (χ2v) is 11.5. The number of aromatic nitrogens is 3. The number of carboxylic acid groups (broad SMARTS) is 1. The van der Waals surface area contributed by atoms with Crippen LogP contribution < -0.4 is 4.90 Å². The van der Waals surface area contributed by atoms with Crippen LogP contribution in [-0.2, 0) is 11.3 Å². The van der Waals surface area contributed by atoms with Crippen molar-refractivity contribution in [2.45, 2.75) is 69.2 Å². The molecule has 206 valence electrons. The Morgan fingerprint density at radius 1 is 0.975 bits per heavy atom. The van der Waals surface area contributed by atoms with Crippen LogP contribution in [0.5, 0.6) is 0 Å². The summed E-state index contributed by atoms with van der Waals surface area (Å²) in [5.74, 6) is 1.20. The van der Waals surface area contributed by atoms with Crippen molar-refractivity contribution >= 4 is 35.1 Å². The molecule has 1 aliphatic carbocycles. The summed E-state index contributed by atoms with van der Waals surface area (Å²) in [6.07, 6.45) is 5.99. The molecule has 9 nitrogen and oxygen atoms in total. The zero-order valence-electron chi connectivity index (χ0n) is 21.4. The Hall–Kier alpha value is -3.40. The molecule has 0 amide bonds.